The molecule has 0 aliphatic rings. The van der Waals surface area contributed by atoms with Crippen LogP contribution in [0.5, 0.6) is 5.75 Å². The van der Waals surface area contributed by atoms with Gasteiger partial charge in [-0.05, 0) is 49.6 Å². The number of hydrogen-bond donors (Lipinski definition) is 0. The topological polar surface area (TPSA) is 9.23 Å². The average molecular weight is 355 g/mol. The number of halogens is 3. The lowest BCUT2D eigenvalue weighted by molar-refractivity contribution is 0.242. The van der Waals surface area contributed by atoms with Crippen LogP contribution < -0.4 is 4.74 Å². The van der Waals surface area contributed by atoms with Crippen LogP contribution in [-0.2, 0) is 6.42 Å². The van der Waals surface area contributed by atoms with Gasteiger partial charge in [-0.1, -0.05) is 34.1 Å². The first-order valence-corrected chi connectivity index (χ1v) is 7.72. The van der Waals surface area contributed by atoms with Crippen molar-refractivity contribution in [3.63, 3.8) is 0 Å². The van der Waals surface area contributed by atoms with E-state index in [-0.39, 0.29) is 10.9 Å². The molecule has 0 N–H and O–H groups in total. The van der Waals surface area contributed by atoms with Crippen molar-refractivity contribution < 1.29 is 13.5 Å². The Balaban J connectivity index is 2.14. The Morgan fingerprint density at radius 2 is 1.86 bits per heavy atom. The van der Waals surface area contributed by atoms with Gasteiger partial charge in [0.1, 0.15) is 17.4 Å². The minimum absolute atomic E-state index is 0.0619. The Bertz CT molecular complexity index is 613. The summed E-state index contributed by atoms with van der Waals surface area (Å²) in [6, 6.07) is 11.3. The molecule has 112 valence electrons. The van der Waals surface area contributed by atoms with Crippen molar-refractivity contribution >= 4 is 15.9 Å². The van der Waals surface area contributed by atoms with Crippen molar-refractivity contribution in [3.8, 4) is 5.75 Å². The molecule has 0 radical (unpaired) electrons. The van der Waals surface area contributed by atoms with Crippen molar-refractivity contribution in [3.05, 3.63) is 65.2 Å². The molecule has 2 rings (SSSR count). The second kappa shape index (κ2) is 7.03. The monoisotopic (exact) mass is 354 g/mol. The highest BCUT2D eigenvalue weighted by Gasteiger charge is 2.13. The fraction of sp³-hybridized carbons (Fsp3) is 0.294. The Morgan fingerprint density at radius 1 is 1.10 bits per heavy atom. The molecule has 0 amide bonds. The van der Waals surface area contributed by atoms with Gasteiger partial charge in [-0.3, -0.25) is 0 Å². The number of rotatable bonds is 5. The first-order valence-electron chi connectivity index (χ1n) is 6.80. The lowest BCUT2D eigenvalue weighted by Gasteiger charge is -2.14. The Labute approximate surface area is 132 Å². The molecular formula is C17H17BrF2O. The maximum Gasteiger partial charge on any atom is 0.129 e. The molecule has 4 heteroatoms. The zero-order chi connectivity index (χ0) is 15.4. The van der Waals surface area contributed by atoms with Gasteiger partial charge in [0, 0.05) is 10.9 Å². The highest BCUT2D eigenvalue weighted by molar-refractivity contribution is 9.09. The summed E-state index contributed by atoms with van der Waals surface area (Å²) in [6.45, 7) is 3.93. The van der Waals surface area contributed by atoms with Crippen molar-refractivity contribution in [2.24, 2.45) is 0 Å². The summed E-state index contributed by atoms with van der Waals surface area (Å²) in [5, 5.41) is 0. The summed E-state index contributed by atoms with van der Waals surface area (Å²) in [4.78, 5) is -0.0619. The number of hydrogen-bond acceptors (Lipinski definition) is 1. The van der Waals surface area contributed by atoms with Gasteiger partial charge < -0.3 is 4.74 Å². The molecule has 2 aromatic carbocycles. The average Bonchev–Trinajstić information content (AvgIpc) is 2.41. The van der Waals surface area contributed by atoms with E-state index in [4.69, 9.17) is 4.74 Å². The molecule has 0 fully saturated rings. The van der Waals surface area contributed by atoms with Crippen LogP contribution >= 0.6 is 15.9 Å². The van der Waals surface area contributed by atoms with Crippen LogP contribution in [0.2, 0.25) is 0 Å². The fourth-order valence-corrected chi connectivity index (χ4v) is 2.69. The van der Waals surface area contributed by atoms with Crippen molar-refractivity contribution in [1.29, 1.82) is 0 Å². The molecule has 2 aromatic rings. The lowest BCUT2D eigenvalue weighted by atomic mass is 10.0. The smallest absolute Gasteiger partial charge is 0.129 e. The molecular weight excluding hydrogens is 338 g/mol. The molecule has 0 bridgehead atoms. The maximum absolute atomic E-state index is 13.7. The van der Waals surface area contributed by atoms with E-state index >= 15 is 0 Å². The molecule has 0 aliphatic carbocycles. The molecule has 21 heavy (non-hydrogen) atoms. The van der Waals surface area contributed by atoms with Crippen molar-refractivity contribution in [2.45, 2.75) is 31.2 Å². The van der Waals surface area contributed by atoms with Crippen molar-refractivity contribution in [1.82, 2.24) is 0 Å². The molecule has 0 aromatic heterocycles. The van der Waals surface area contributed by atoms with Crippen LogP contribution in [0.15, 0.2) is 42.5 Å². The predicted molar refractivity (Wildman–Crippen MR) is 83.9 cm³/mol. The highest BCUT2D eigenvalue weighted by Crippen LogP contribution is 2.30. The van der Waals surface area contributed by atoms with Gasteiger partial charge in [-0.15, -0.1) is 0 Å². The van der Waals surface area contributed by atoms with Crippen molar-refractivity contribution in [2.75, 3.05) is 0 Å². The quantitative estimate of drug-likeness (QED) is 0.650. The molecule has 0 spiro atoms. The molecule has 1 unspecified atom stereocenters. The van der Waals surface area contributed by atoms with Gasteiger partial charge in [0.05, 0.1) is 6.10 Å². The Morgan fingerprint density at radius 3 is 2.52 bits per heavy atom. The highest BCUT2D eigenvalue weighted by atomic mass is 79.9. The number of alkyl halides is 1. The van der Waals surface area contributed by atoms with Gasteiger partial charge in [0.25, 0.3) is 0 Å². The van der Waals surface area contributed by atoms with Gasteiger partial charge in [0.15, 0.2) is 0 Å². The van der Waals surface area contributed by atoms with Crippen LogP contribution in [-0.4, -0.2) is 6.10 Å². The lowest BCUT2D eigenvalue weighted by Crippen LogP contribution is -2.06. The molecule has 0 heterocycles. The van der Waals surface area contributed by atoms with Crippen LogP contribution in [0.25, 0.3) is 0 Å². The van der Waals surface area contributed by atoms with E-state index in [2.05, 4.69) is 15.9 Å². The summed E-state index contributed by atoms with van der Waals surface area (Å²) in [7, 11) is 0. The van der Waals surface area contributed by atoms with Gasteiger partial charge >= 0.3 is 0 Å². The fourth-order valence-electron chi connectivity index (χ4n) is 2.05. The second-order valence-corrected chi connectivity index (χ2v) is 6.25. The largest absolute Gasteiger partial charge is 0.491 e. The van der Waals surface area contributed by atoms with Crippen LogP contribution in [0, 0.1) is 11.6 Å². The molecule has 0 saturated heterocycles. The van der Waals surface area contributed by atoms with E-state index in [9.17, 15) is 8.78 Å². The van der Waals surface area contributed by atoms with Crippen LogP contribution in [0.3, 0.4) is 0 Å². The summed E-state index contributed by atoms with van der Waals surface area (Å²) >= 11 is 3.56. The van der Waals surface area contributed by atoms with Crippen LogP contribution in [0.1, 0.15) is 29.8 Å². The summed E-state index contributed by atoms with van der Waals surface area (Å²) in [5.74, 6) is -0.296. The minimum Gasteiger partial charge on any atom is -0.491 e. The van der Waals surface area contributed by atoms with Gasteiger partial charge in [-0.2, -0.15) is 0 Å². The second-order valence-electron chi connectivity index (χ2n) is 5.15. The zero-order valence-electron chi connectivity index (χ0n) is 11.9. The van der Waals surface area contributed by atoms with E-state index in [0.29, 0.717) is 12.0 Å². The molecule has 1 atom stereocenters. The summed E-state index contributed by atoms with van der Waals surface area (Å²) in [5.41, 5.74) is 1.48. The van der Waals surface area contributed by atoms with E-state index < -0.39 is 11.6 Å². The van der Waals surface area contributed by atoms with E-state index in [1.807, 2.05) is 38.1 Å². The SMILES string of the molecule is CC(C)Oc1cccc(C(Br)Cc2ccc(F)cc2F)c1. The molecule has 0 saturated carbocycles. The third-order valence-electron chi connectivity index (χ3n) is 3.01. The zero-order valence-corrected chi connectivity index (χ0v) is 13.5. The number of benzene rings is 2. The minimum atomic E-state index is -0.560. The van der Waals surface area contributed by atoms with E-state index in [1.165, 1.54) is 12.1 Å². The Kier molecular flexibility index (Phi) is 5.34. The first-order chi connectivity index (χ1) is 9.95. The predicted octanol–water partition coefficient (Wildman–Crippen LogP) is 5.43. The normalized spacial score (nSPS) is 12.5. The molecule has 1 nitrogen and oxygen atoms in total. The van der Waals surface area contributed by atoms with Crippen LogP contribution in [0.4, 0.5) is 8.78 Å². The molecule has 0 aliphatic heterocycles. The van der Waals surface area contributed by atoms with E-state index in [1.54, 1.807) is 0 Å². The third-order valence-corrected chi connectivity index (χ3v) is 3.86. The first kappa shape index (κ1) is 16.0. The summed E-state index contributed by atoms with van der Waals surface area (Å²) in [6.07, 6.45) is 0.542. The third kappa shape index (κ3) is 4.53. The standard InChI is InChI=1S/C17H17BrF2O/c1-11(2)21-15-5-3-4-12(8-15)16(18)9-13-6-7-14(19)10-17(13)20/h3-8,10-11,16H,9H2,1-2H3. The van der Waals surface area contributed by atoms with Gasteiger partial charge in [-0.25, -0.2) is 8.78 Å². The maximum atomic E-state index is 13.7. The van der Waals surface area contributed by atoms with E-state index in [0.717, 1.165) is 17.4 Å². The summed E-state index contributed by atoms with van der Waals surface area (Å²) < 4.78 is 32.3. The van der Waals surface area contributed by atoms with Gasteiger partial charge in [0.2, 0.25) is 0 Å². The number of ether oxygens (including phenoxy) is 1. The Hall–Kier alpha value is -1.42.